The highest BCUT2D eigenvalue weighted by molar-refractivity contribution is 5.68. The second kappa shape index (κ2) is 6.95. The van der Waals surface area contributed by atoms with Gasteiger partial charge in [-0.2, -0.15) is 5.26 Å². The Morgan fingerprint density at radius 3 is 2.20 bits per heavy atom. The molecular weight excluding hydrogens is 333 g/mol. The largest absolute Gasteiger partial charge is 0.444 e. The Labute approximate surface area is 145 Å². The summed E-state index contributed by atoms with van der Waals surface area (Å²) in [7, 11) is 0. The Bertz CT molecular complexity index is 676. The normalized spacial score (nSPS) is 17.1. The molecule has 1 aliphatic heterocycles. The number of ether oxygens (including phenoxy) is 1. The van der Waals surface area contributed by atoms with Gasteiger partial charge >= 0.3 is 6.09 Å². The zero-order valence-corrected chi connectivity index (χ0v) is 14.5. The van der Waals surface area contributed by atoms with Crippen LogP contribution in [0, 0.1) is 34.2 Å². The molecule has 1 heterocycles. The monoisotopic (exact) mass is 354 g/mol. The maximum absolute atomic E-state index is 13.9. The maximum atomic E-state index is 13.9. The number of halogens is 3. The third-order valence-corrected chi connectivity index (χ3v) is 4.23. The SMILES string of the molecule is CC(C)(C)OC(=O)N1CCC(C#N)(Cc2c(F)cc(F)cc2F)CC1. The van der Waals surface area contributed by atoms with E-state index >= 15 is 0 Å². The van der Waals surface area contributed by atoms with Gasteiger partial charge in [-0.05, 0) is 40.0 Å². The number of carbonyl (C=O) groups is 1. The fraction of sp³-hybridized carbons (Fsp3) is 0.556. The van der Waals surface area contributed by atoms with E-state index in [-0.39, 0.29) is 37.9 Å². The summed E-state index contributed by atoms with van der Waals surface area (Å²) in [6.45, 7) is 5.79. The number of piperidine rings is 1. The first-order valence-corrected chi connectivity index (χ1v) is 8.08. The van der Waals surface area contributed by atoms with Crippen molar-refractivity contribution in [2.45, 2.75) is 45.6 Å². The Morgan fingerprint density at radius 2 is 1.76 bits per heavy atom. The molecule has 1 aliphatic rings. The van der Waals surface area contributed by atoms with Crippen molar-refractivity contribution < 1.29 is 22.7 Å². The highest BCUT2D eigenvalue weighted by atomic mass is 19.1. The standard InChI is InChI=1S/C18H21F3N2O2/c1-17(2,3)25-16(24)23-6-4-18(11-22,5-7-23)10-13-14(20)8-12(19)9-15(13)21/h8-9H,4-7,10H2,1-3H3. The lowest BCUT2D eigenvalue weighted by molar-refractivity contribution is 0.0147. The lowest BCUT2D eigenvalue weighted by Crippen LogP contribution is -2.45. The summed E-state index contributed by atoms with van der Waals surface area (Å²) in [5, 5.41) is 9.55. The first-order valence-electron chi connectivity index (χ1n) is 8.08. The Kier molecular flexibility index (Phi) is 5.31. The van der Waals surface area contributed by atoms with Crippen molar-refractivity contribution in [1.29, 1.82) is 5.26 Å². The summed E-state index contributed by atoms with van der Waals surface area (Å²) in [5.41, 5.74) is -1.92. The highest BCUT2D eigenvalue weighted by Gasteiger charge is 2.38. The van der Waals surface area contributed by atoms with Gasteiger partial charge in [0.05, 0.1) is 11.5 Å². The van der Waals surface area contributed by atoms with Crippen LogP contribution in [-0.2, 0) is 11.2 Å². The average Bonchev–Trinajstić information content (AvgIpc) is 2.50. The van der Waals surface area contributed by atoms with Crippen LogP contribution in [0.1, 0.15) is 39.2 Å². The van der Waals surface area contributed by atoms with Gasteiger partial charge in [-0.15, -0.1) is 0 Å². The van der Waals surface area contributed by atoms with Gasteiger partial charge in [0, 0.05) is 30.8 Å². The molecular formula is C18H21F3N2O2. The second-order valence-electron chi connectivity index (χ2n) is 7.38. The molecule has 25 heavy (non-hydrogen) atoms. The van der Waals surface area contributed by atoms with Crippen molar-refractivity contribution in [1.82, 2.24) is 4.90 Å². The molecule has 0 saturated carbocycles. The molecule has 1 saturated heterocycles. The zero-order valence-electron chi connectivity index (χ0n) is 14.5. The van der Waals surface area contributed by atoms with E-state index in [0.717, 1.165) is 0 Å². The molecule has 0 spiro atoms. The lowest BCUT2D eigenvalue weighted by atomic mass is 9.75. The maximum Gasteiger partial charge on any atom is 0.410 e. The van der Waals surface area contributed by atoms with Crippen LogP contribution in [0.4, 0.5) is 18.0 Å². The third-order valence-electron chi connectivity index (χ3n) is 4.23. The molecule has 0 bridgehead atoms. The number of amides is 1. The number of benzene rings is 1. The fourth-order valence-electron chi connectivity index (χ4n) is 2.85. The number of nitriles is 1. The molecule has 0 atom stereocenters. The van der Waals surface area contributed by atoms with E-state index < -0.39 is 34.6 Å². The van der Waals surface area contributed by atoms with Crippen LogP contribution in [0.3, 0.4) is 0 Å². The predicted octanol–water partition coefficient (Wildman–Crippen LogP) is 4.19. The Morgan fingerprint density at radius 1 is 1.24 bits per heavy atom. The zero-order chi connectivity index (χ0) is 18.8. The van der Waals surface area contributed by atoms with Crippen molar-refractivity contribution in [2.24, 2.45) is 5.41 Å². The van der Waals surface area contributed by atoms with Crippen molar-refractivity contribution in [3.05, 3.63) is 35.1 Å². The minimum atomic E-state index is -1.00. The summed E-state index contributed by atoms with van der Waals surface area (Å²) in [5.74, 6) is -2.99. The second-order valence-corrected chi connectivity index (χ2v) is 7.38. The van der Waals surface area contributed by atoms with E-state index in [1.54, 1.807) is 20.8 Å². The first-order chi connectivity index (χ1) is 11.6. The van der Waals surface area contributed by atoms with Gasteiger partial charge in [-0.1, -0.05) is 0 Å². The van der Waals surface area contributed by atoms with Gasteiger partial charge in [0.15, 0.2) is 0 Å². The number of carbonyl (C=O) groups excluding carboxylic acids is 1. The quantitative estimate of drug-likeness (QED) is 0.800. The van der Waals surface area contributed by atoms with Gasteiger partial charge in [0.1, 0.15) is 23.1 Å². The van der Waals surface area contributed by atoms with E-state index in [2.05, 4.69) is 6.07 Å². The van der Waals surface area contributed by atoms with E-state index in [4.69, 9.17) is 4.74 Å². The van der Waals surface area contributed by atoms with Gasteiger partial charge in [0.2, 0.25) is 0 Å². The summed E-state index contributed by atoms with van der Waals surface area (Å²) in [6.07, 6.45) is -0.111. The summed E-state index contributed by atoms with van der Waals surface area (Å²) in [4.78, 5) is 13.6. The van der Waals surface area contributed by atoms with Crippen molar-refractivity contribution in [3.63, 3.8) is 0 Å². The predicted molar refractivity (Wildman–Crippen MR) is 85.1 cm³/mol. The molecule has 0 unspecified atom stereocenters. The molecule has 136 valence electrons. The summed E-state index contributed by atoms with van der Waals surface area (Å²) in [6, 6.07) is 3.36. The van der Waals surface area contributed by atoms with Gasteiger partial charge < -0.3 is 9.64 Å². The third kappa shape index (κ3) is 4.65. The van der Waals surface area contributed by atoms with Crippen LogP contribution >= 0.6 is 0 Å². The van der Waals surface area contributed by atoms with Crippen molar-refractivity contribution in [3.8, 4) is 6.07 Å². The number of hydrogen-bond donors (Lipinski definition) is 0. The molecule has 1 amide bonds. The molecule has 7 heteroatoms. The van der Waals surface area contributed by atoms with Crippen LogP contribution in [-0.4, -0.2) is 29.7 Å². The molecule has 0 N–H and O–H groups in total. The molecule has 4 nitrogen and oxygen atoms in total. The number of nitrogens with zero attached hydrogens (tertiary/aromatic N) is 2. The van der Waals surface area contributed by atoms with Crippen LogP contribution in [0.15, 0.2) is 12.1 Å². The summed E-state index contributed by atoms with van der Waals surface area (Å²) >= 11 is 0. The molecule has 0 aliphatic carbocycles. The molecule has 0 aromatic heterocycles. The Hall–Kier alpha value is -2.23. The van der Waals surface area contributed by atoms with Crippen molar-refractivity contribution in [2.75, 3.05) is 13.1 Å². The minimum Gasteiger partial charge on any atom is -0.444 e. The van der Waals surface area contributed by atoms with Gasteiger partial charge in [-0.3, -0.25) is 0 Å². The number of rotatable bonds is 2. The minimum absolute atomic E-state index is 0.163. The van der Waals surface area contributed by atoms with Crippen LogP contribution in [0.2, 0.25) is 0 Å². The number of likely N-dealkylation sites (tertiary alicyclic amines) is 1. The smallest absolute Gasteiger partial charge is 0.410 e. The van der Waals surface area contributed by atoms with E-state index in [0.29, 0.717) is 12.1 Å². The van der Waals surface area contributed by atoms with E-state index in [9.17, 15) is 23.2 Å². The molecule has 1 aromatic rings. The summed E-state index contributed by atoms with van der Waals surface area (Å²) < 4.78 is 46.1. The topological polar surface area (TPSA) is 53.3 Å². The van der Waals surface area contributed by atoms with E-state index in [1.165, 1.54) is 4.90 Å². The lowest BCUT2D eigenvalue weighted by Gasteiger charge is -2.38. The molecule has 0 radical (unpaired) electrons. The van der Waals surface area contributed by atoms with Gasteiger partial charge in [-0.25, -0.2) is 18.0 Å². The fourth-order valence-corrected chi connectivity index (χ4v) is 2.85. The number of hydrogen-bond acceptors (Lipinski definition) is 3. The van der Waals surface area contributed by atoms with Crippen LogP contribution in [0.5, 0.6) is 0 Å². The Balaban J connectivity index is 2.10. The average molecular weight is 354 g/mol. The van der Waals surface area contributed by atoms with Crippen LogP contribution in [0.25, 0.3) is 0 Å². The molecule has 2 rings (SSSR count). The molecule has 1 fully saturated rings. The molecule has 1 aromatic carbocycles. The first kappa shape index (κ1) is 19.1. The van der Waals surface area contributed by atoms with Crippen LogP contribution < -0.4 is 0 Å². The van der Waals surface area contributed by atoms with Crippen molar-refractivity contribution >= 4 is 6.09 Å². The highest BCUT2D eigenvalue weighted by Crippen LogP contribution is 2.36. The van der Waals surface area contributed by atoms with E-state index in [1.807, 2.05) is 0 Å². The van der Waals surface area contributed by atoms with Gasteiger partial charge in [0.25, 0.3) is 0 Å².